The van der Waals surface area contributed by atoms with Crippen LogP contribution in [-0.4, -0.2) is 46.4 Å². The molecule has 0 radical (unpaired) electrons. The summed E-state index contributed by atoms with van der Waals surface area (Å²) in [7, 11) is 0. The van der Waals surface area contributed by atoms with Crippen LogP contribution in [-0.2, 0) is 11.3 Å². The number of aromatic amines is 1. The van der Waals surface area contributed by atoms with Gasteiger partial charge in [-0.3, -0.25) is 5.10 Å². The maximum Gasteiger partial charge on any atom is 0.410 e. The van der Waals surface area contributed by atoms with Gasteiger partial charge in [0.15, 0.2) is 0 Å². The van der Waals surface area contributed by atoms with Crippen LogP contribution in [0.25, 0.3) is 0 Å². The molecule has 0 bridgehead atoms. The number of carbonyl (C=O) groups excluding carboxylic acids is 1. The highest BCUT2D eigenvalue weighted by molar-refractivity contribution is 5.68. The molecule has 0 atom stereocenters. The predicted octanol–water partition coefficient (Wildman–Crippen LogP) is 2.15. The molecule has 6 nitrogen and oxygen atoms in total. The van der Waals surface area contributed by atoms with Crippen LogP contribution in [0.2, 0.25) is 0 Å². The molecule has 1 rings (SSSR count). The van der Waals surface area contributed by atoms with Gasteiger partial charge in [0, 0.05) is 38.1 Å². The van der Waals surface area contributed by atoms with Gasteiger partial charge >= 0.3 is 6.09 Å². The van der Waals surface area contributed by atoms with Gasteiger partial charge < -0.3 is 15.0 Å². The van der Waals surface area contributed by atoms with Crippen LogP contribution in [0.4, 0.5) is 4.79 Å². The number of nitrogens with zero attached hydrogens (tertiary/aromatic N) is 2. The highest BCUT2D eigenvalue weighted by atomic mass is 16.6. The number of carbonyl (C=O) groups is 1. The minimum atomic E-state index is -0.452. The van der Waals surface area contributed by atoms with Crippen molar-refractivity contribution in [3.05, 3.63) is 18.0 Å². The van der Waals surface area contributed by atoms with Crippen LogP contribution in [0.15, 0.2) is 12.3 Å². The maximum atomic E-state index is 12.0. The van der Waals surface area contributed by atoms with Gasteiger partial charge in [0.2, 0.25) is 0 Å². The van der Waals surface area contributed by atoms with Gasteiger partial charge in [0.1, 0.15) is 5.60 Å². The summed E-state index contributed by atoms with van der Waals surface area (Å²) >= 11 is 0. The number of amides is 1. The molecule has 1 aromatic heterocycles. The first-order chi connectivity index (χ1) is 9.42. The monoisotopic (exact) mass is 282 g/mol. The minimum Gasteiger partial charge on any atom is -0.444 e. The van der Waals surface area contributed by atoms with Crippen LogP contribution in [0.5, 0.6) is 0 Å². The van der Waals surface area contributed by atoms with Crippen molar-refractivity contribution in [3.8, 4) is 0 Å². The van der Waals surface area contributed by atoms with E-state index in [1.54, 1.807) is 11.1 Å². The van der Waals surface area contributed by atoms with Gasteiger partial charge in [0.25, 0.3) is 0 Å². The van der Waals surface area contributed by atoms with E-state index in [4.69, 9.17) is 4.74 Å². The third-order valence-electron chi connectivity index (χ3n) is 2.58. The van der Waals surface area contributed by atoms with E-state index < -0.39 is 5.60 Å². The Hall–Kier alpha value is -1.56. The minimum absolute atomic E-state index is 0.248. The highest BCUT2D eigenvalue weighted by Crippen LogP contribution is 2.10. The molecule has 1 aromatic rings. The molecular weight excluding hydrogens is 256 g/mol. The Labute approximate surface area is 120 Å². The van der Waals surface area contributed by atoms with Gasteiger partial charge in [-0.25, -0.2) is 4.79 Å². The number of ether oxygens (including phenoxy) is 1. The fourth-order valence-corrected chi connectivity index (χ4v) is 1.71. The molecule has 1 heterocycles. The molecule has 0 aromatic carbocycles. The van der Waals surface area contributed by atoms with Gasteiger partial charge in [-0.2, -0.15) is 5.10 Å². The first-order valence-electron chi connectivity index (χ1n) is 7.09. The molecule has 0 aliphatic heterocycles. The average molecular weight is 282 g/mol. The van der Waals surface area contributed by atoms with Crippen molar-refractivity contribution in [1.82, 2.24) is 20.4 Å². The molecule has 0 aliphatic rings. The van der Waals surface area contributed by atoms with Crippen LogP contribution in [0.3, 0.4) is 0 Å². The van der Waals surface area contributed by atoms with Crippen LogP contribution < -0.4 is 5.32 Å². The normalized spacial score (nSPS) is 11.4. The Morgan fingerprint density at radius 3 is 2.75 bits per heavy atom. The van der Waals surface area contributed by atoms with E-state index in [0.717, 1.165) is 18.7 Å². The first kappa shape index (κ1) is 16.5. The van der Waals surface area contributed by atoms with Gasteiger partial charge in [-0.05, 0) is 33.3 Å². The first-order valence-corrected chi connectivity index (χ1v) is 7.09. The van der Waals surface area contributed by atoms with Crippen molar-refractivity contribution >= 4 is 6.09 Å². The van der Waals surface area contributed by atoms with Gasteiger partial charge in [0.05, 0.1) is 0 Å². The van der Waals surface area contributed by atoms with Crippen LogP contribution in [0.1, 0.15) is 39.8 Å². The van der Waals surface area contributed by atoms with E-state index in [2.05, 4.69) is 22.4 Å². The number of rotatable bonds is 7. The summed E-state index contributed by atoms with van der Waals surface area (Å²) in [4.78, 5) is 13.8. The van der Waals surface area contributed by atoms with Gasteiger partial charge in [-0.15, -0.1) is 0 Å². The molecular formula is C14H26N4O2. The Bertz CT molecular complexity index is 384. The topological polar surface area (TPSA) is 70.2 Å². The SMILES string of the molecule is CCCN(CCNCc1ccn[nH]1)C(=O)OC(C)(C)C. The smallest absolute Gasteiger partial charge is 0.410 e. The van der Waals surface area contributed by atoms with Crippen molar-refractivity contribution in [2.24, 2.45) is 0 Å². The lowest BCUT2D eigenvalue weighted by Gasteiger charge is -2.27. The van der Waals surface area contributed by atoms with Crippen molar-refractivity contribution in [3.63, 3.8) is 0 Å². The summed E-state index contributed by atoms with van der Waals surface area (Å²) in [6.07, 6.45) is 2.39. The van der Waals surface area contributed by atoms with Gasteiger partial charge in [-0.1, -0.05) is 6.92 Å². The number of nitrogens with one attached hydrogen (secondary N) is 2. The lowest BCUT2D eigenvalue weighted by atomic mass is 10.2. The molecule has 0 aliphatic carbocycles. The second-order valence-corrected chi connectivity index (χ2v) is 5.73. The number of aromatic nitrogens is 2. The van der Waals surface area contributed by atoms with E-state index >= 15 is 0 Å². The van der Waals surface area contributed by atoms with E-state index in [-0.39, 0.29) is 6.09 Å². The summed E-state index contributed by atoms with van der Waals surface area (Å²) in [5.74, 6) is 0. The lowest BCUT2D eigenvalue weighted by Crippen LogP contribution is -2.40. The Morgan fingerprint density at radius 2 is 2.20 bits per heavy atom. The number of hydrogen-bond donors (Lipinski definition) is 2. The summed E-state index contributed by atoms with van der Waals surface area (Å²) < 4.78 is 5.40. The quantitative estimate of drug-likeness (QED) is 0.752. The van der Waals surface area contributed by atoms with Crippen molar-refractivity contribution in [2.75, 3.05) is 19.6 Å². The zero-order valence-electron chi connectivity index (χ0n) is 12.9. The van der Waals surface area contributed by atoms with Crippen LogP contribution in [0, 0.1) is 0 Å². The van der Waals surface area contributed by atoms with Crippen molar-refractivity contribution < 1.29 is 9.53 Å². The van der Waals surface area contributed by atoms with Crippen molar-refractivity contribution in [1.29, 1.82) is 0 Å². The molecule has 1 amide bonds. The zero-order valence-corrected chi connectivity index (χ0v) is 12.9. The second-order valence-electron chi connectivity index (χ2n) is 5.73. The largest absolute Gasteiger partial charge is 0.444 e. The third-order valence-corrected chi connectivity index (χ3v) is 2.58. The van der Waals surface area contributed by atoms with E-state index in [1.807, 2.05) is 26.8 Å². The molecule has 6 heteroatoms. The Morgan fingerprint density at radius 1 is 1.45 bits per heavy atom. The summed E-state index contributed by atoms with van der Waals surface area (Å²) in [5.41, 5.74) is 0.580. The predicted molar refractivity (Wildman–Crippen MR) is 78.4 cm³/mol. The molecule has 0 saturated heterocycles. The molecule has 0 saturated carbocycles. The lowest BCUT2D eigenvalue weighted by molar-refractivity contribution is 0.0252. The standard InChI is InChI=1S/C14H26N4O2/c1-5-9-18(13(19)20-14(2,3)4)10-8-15-11-12-6-7-16-17-12/h6-7,15H,5,8-11H2,1-4H3,(H,16,17). The molecule has 2 N–H and O–H groups in total. The molecule has 0 spiro atoms. The Balaban J connectivity index is 2.32. The summed E-state index contributed by atoms with van der Waals surface area (Å²) in [6.45, 7) is 10.5. The zero-order chi connectivity index (χ0) is 15.0. The molecule has 0 unspecified atom stereocenters. The second kappa shape index (κ2) is 7.89. The summed E-state index contributed by atoms with van der Waals surface area (Å²) in [6, 6.07) is 1.92. The number of H-pyrrole nitrogens is 1. The number of hydrogen-bond acceptors (Lipinski definition) is 4. The van der Waals surface area contributed by atoms with E-state index in [9.17, 15) is 4.79 Å². The maximum absolute atomic E-state index is 12.0. The van der Waals surface area contributed by atoms with Crippen molar-refractivity contribution in [2.45, 2.75) is 46.3 Å². The third kappa shape index (κ3) is 6.56. The summed E-state index contributed by atoms with van der Waals surface area (Å²) in [5, 5.41) is 10.0. The fraction of sp³-hybridized carbons (Fsp3) is 0.714. The average Bonchev–Trinajstić information content (AvgIpc) is 2.83. The van der Waals surface area contributed by atoms with E-state index in [0.29, 0.717) is 19.6 Å². The van der Waals surface area contributed by atoms with Crippen LogP contribution >= 0.6 is 0 Å². The Kier molecular flexibility index (Phi) is 6.51. The highest BCUT2D eigenvalue weighted by Gasteiger charge is 2.21. The molecule has 0 fully saturated rings. The molecule has 20 heavy (non-hydrogen) atoms. The fourth-order valence-electron chi connectivity index (χ4n) is 1.71. The van der Waals surface area contributed by atoms with E-state index in [1.165, 1.54) is 0 Å². The molecule has 114 valence electrons.